The van der Waals surface area contributed by atoms with Crippen molar-refractivity contribution >= 4 is 17.5 Å². The van der Waals surface area contributed by atoms with E-state index in [0.29, 0.717) is 29.3 Å². The van der Waals surface area contributed by atoms with Crippen molar-refractivity contribution in [3.8, 4) is 22.7 Å². The van der Waals surface area contributed by atoms with Crippen LogP contribution in [0.1, 0.15) is 15.9 Å². The summed E-state index contributed by atoms with van der Waals surface area (Å²) in [6.45, 7) is 0.359. The Labute approximate surface area is 183 Å². The molecule has 0 bridgehead atoms. The third-order valence-electron chi connectivity index (χ3n) is 5.10. The van der Waals surface area contributed by atoms with Crippen LogP contribution in [0.25, 0.3) is 16.9 Å². The highest BCUT2D eigenvalue weighted by molar-refractivity contribution is 6.32. The largest absolute Gasteiger partial charge is 0.486 e. The maximum absolute atomic E-state index is 12.8. The van der Waals surface area contributed by atoms with Crippen LogP contribution in [0.2, 0.25) is 5.02 Å². The van der Waals surface area contributed by atoms with Crippen LogP contribution in [-0.4, -0.2) is 38.3 Å². The van der Waals surface area contributed by atoms with Crippen molar-refractivity contribution in [1.29, 1.82) is 0 Å². The summed E-state index contributed by atoms with van der Waals surface area (Å²) in [6.07, 6.45) is 8.89. The number of carbonyl (C=O) groups is 1. The molecule has 0 saturated carbocycles. The number of rotatable bonds is 5. The number of halogens is 1. The Kier molecular flexibility index (Phi) is 5.09. The molecule has 0 saturated heterocycles. The summed E-state index contributed by atoms with van der Waals surface area (Å²) < 4.78 is 7.69. The lowest BCUT2D eigenvalue weighted by molar-refractivity contribution is 0.0933. The first kappa shape index (κ1) is 19.3. The number of para-hydroxylation sites is 1. The van der Waals surface area contributed by atoms with Gasteiger partial charge in [-0.15, -0.1) is 0 Å². The zero-order chi connectivity index (χ0) is 21.2. The van der Waals surface area contributed by atoms with Gasteiger partial charge in [0, 0.05) is 42.3 Å². The second-order valence-electron chi connectivity index (χ2n) is 7.16. The fourth-order valence-electron chi connectivity index (χ4n) is 3.68. The molecule has 4 aromatic rings. The number of benzene rings is 2. The molecule has 0 fully saturated rings. The zero-order valence-corrected chi connectivity index (χ0v) is 17.2. The molecule has 5 rings (SSSR count). The van der Waals surface area contributed by atoms with Gasteiger partial charge in [-0.2, -0.15) is 5.10 Å². The Morgan fingerprint density at radius 1 is 1.19 bits per heavy atom. The number of ether oxygens (including phenoxy) is 1. The van der Waals surface area contributed by atoms with Crippen molar-refractivity contribution in [1.82, 2.24) is 25.1 Å². The number of hydrogen-bond acceptors (Lipinski definition) is 5. The molecule has 154 valence electrons. The normalized spacial score (nSPS) is 14.7. The maximum atomic E-state index is 12.8. The second-order valence-corrected chi connectivity index (χ2v) is 7.57. The van der Waals surface area contributed by atoms with E-state index in [-0.39, 0.29) is 12.0 Å². The average Bonchev–Trinajstić information content (AvgIpc) is 3.48. The summed E-state index contributed by atoms with van der Waals surface area (Å²) in [4.78, 5) is 21.3. The highest BCUT2D eigenvalue weighted by Gasteiger charge is 2.27. The summed E-state index contributed by atoms with van der Waals surface area (Å²) >= 11 is 6.46. The molecule has 1 atom stereocenters. The van der Waals surface area contributed by atoms with Crippen LogP contribution in [0.5, 0.6) is 5.75 Å². The molecule has 2 aromatic carbocycles. The van der Waals surface area contributed by atoms with Crippen LogP contribution in [0.4, 0.5) is 0 Å². The molecule has 1 aliphatic rings. The number of aromatic nitrogens is 4. The Morgan fingerprint density at radius 3 is 2.90 bits per heavy atom. The third kappa shape index (κ3) is 3.87. The van der Waals surface area contributed by atoms with Crippen LogP contribution >= 0.6 is 11.6 Å². The van der Waals surface area contributed by atoms with E-state index in [2.05, 4.69) is 20.4 Å². The van der Waals surface area contributed by atoms with Crippen LogP contribution in [0.15, 0.2) is 73.4 Å². The molecule has 1 amide bonds. The monoisotopic (exact) mass is 431 g/mol. The van der Waals surface area contributed by atoms with E-state index in [9.17, 15) is 4.79 Å². The van der Waals surface area contributed by atoms with Crippen molar-refractivity contribution in [2.45, 2.75) is 12.5 Å². The Hall–Kier alpha value is -3.71. The van der Waals surface area contributed by atoms with Gasteiger partial charge in [0.25, 0.3) is 5.91 Å². The third-order valence-corrected chi connectivity index (χ3v) is 5.38. The lowest BCUT2D eigenvalue weighted by atomic mass is 10.0. The van der Waals surface area contributed by atoms with E-state index in [1.165, 1.54) is 0 Å². The Balaban J connectivity index is 1.29. The fraction of sp³-hybridized carbons (Fsp3) is 0.130. The van der Waals surface area contributed by atoms with Crippen molar-refractivity contribution < 1.29 is 9.53 Å². The maximum Gasteiger partial charge on any atom is 0.253 e. The van der Waals surface area contributed by atoms with Crippen molar-refractivity contribution in [3.05, 3.63) is 89.6 Å². The first-order valence-corrected chi connectivity index (χ1v) is 10.2. The summed E-state index contributed by atoms with van der Waals surface area (Å²) in [5.74, 6) is 0.475. The first-order chi connectivity index (χ1) is 15.2. The van der Waals surface area contributed by atoms with Gasteiger partial charge in [-0.05, 0) is 30.3 Å². The molecule has 7 nitrogen and oxygen atoms in total. The quantitative estimate of drug-likeness (QED) is 0.521. The van der Waals surface area contributed by atoms with Crippen LogP contribution in [0, 0.1) is 0 Å². The van der Waals surface area contributed by atoms with E-state index in [1.54, 1.807) is 41.7 Å². The molecule has 0 aliphatic carbocycles. The molecule has 0 radical (unpaired) electrons. The van der Waals surface area contributed by atoms with Crippen LogP contribution in [0.3, 0.4) is 0 Å². The van der Waals surface area contributed by atoms with Gasteiger partial charge in [0.1, 0.15) is 11.9 Å². The minimum absolute atomic E-state index is 0.183. The van der Waals surface area contributed by atoms with E-state index in [1.807, 2.05) is 36.4 Å². The van der Waals surface area contributed by atoms with E-state index >= 15 is 0 Å². The van der Waals surface area contributed by atoms with Gasteiger partial charge in [-0.25, -0.2) is 4.68 Å². The van der Waals surface area contributed by atoms with Gasteiger partial charge in [0.05, 0.1) is 34.7 Å². The van der Waals surface area contributed by atoms with Gasteiger partial charge >= 0.3 is 0 Å². The number of nitrogens with zero attached hydrogens (tertiary/aromatic N) is 4. The van der Waals surface area contributed by atoms with E-state index in [0.717, 1.165) is 22.5 Å². The van der Waals surface area contributed by atoms with Crippen LogP contribution in [-0.2, 0) is 6.42 Å². The predicted octanol–water partition coefficient (Wildman–Crippen LogP) is 3.72. The summed E-state index contributed by atoms with van der Waals surface area (Å²) in [5.41, 5.74) is 3.89. The first-order valence-electron chi connectivity index (χ1n) is 9.82. The molecule has 3 heterocycles. The Bertz CT molecular complexity index is 1230. The highest BCUT2D eigenvalue weighted by Crippen LogP contribution is 2.39. The topological polar surface area (TPSA) is 81.9 Å². The summed E-state index contributed by atoms with van der Waals surface area (Å²) in [5, 5.41) is 7.72. The van der Waals surface area contributed by atoms with Crippen LogP contribution < -0.4 is 10.1 Å². The van der Waals surface area contributed by atoms with Gasteiger partial charge in [0.2, 0.25) is 0 Å². The van der Waals surface area contributed by atoms with Crippen molar-refractivity contribution in [2.24, 2.45) is 0 Å². The molecular weight excluding hydrogens is 414 g/mol. The lowest BCUT2D eigenvalue weighted by Gasteiger charge is -2.14. The zero-order valence-electron chi connectivity index (χ0n) is 16.4. The molecule has 8 heteroatoms. The fourth-order valence-corrected chi connectivity index (χ4v) is 3.96. The minimum Gasteiger partial charge on any atom is -0.486 e. The molecule has 2 aromatic heterocycles. The number of fused-ring (bicyclic) bond motifs is 1. The van der Waals surface area contributed by atoms with E-state index in [4.69, 9.17) is 16.3 Å². The van der Waals surface area contributed by atoms with Gasteiger partial charge in [-0.3, -0.25) is 14.8 Å². The van der Waals surface area contributed by atoms with E-state index < -0.39 is 0 Å². The van der Waals surface area contributed by atoms with Crippen molar-refractivity contribution in [2.75, 3.05) is 6.54 Å². The second kappa shape index (κ2) is 8.20. The number of hydrogen-bond donors (Lipinski definition) is 1. The predicted molar refractivity (Wildman–Crippen MR) is 116 cm³/mol. The molecule has 1 unspecified atom stereocenters. The molecule has 0 spiro atoms. The standard InChI is InChI=1S/C23H18ClN5O2/c24-19-12-15(20-14-25-7-8-26-20)10-16-11-17(31-22(16)19)13-27-23(30)18-4-1-2-5-21(18)29-9-3-6-28-29/h1-10,12,14,17H,11,13H2,(H,27,30). The summed E-state index contributed by atoms with van der Waals surface area (Å²) in [7, 11) is 0. The summed E-state index contributed by atoms with van der Waals surface area (Å²) in [6, 6.07) is 13.0. The minimum atomic E-state index is -0.203. The molecular formula is C23H18ClN5O2. The van der Waals surface area contributed by atoms with Crippen molar-refractivity contribution in [3.63, 3.8) is 0 Å². The lowest BCUT2D eigenvalue weighted by Crippen LogP contribution is -2.35. The SMILES string of the molecule is O=C(NCC1Cc2cc(-c3cnccn3)cc(Cl)c2O1)c1ccccc1-n1cccn1. The number of nitrogens with one attached hydrogen (secondary N) is 1. The van der Waals surface area contributed by atoms with Gasteiger partial charge in [-0.1, -0.05) is 23.7 Å². The highest BCUT2D eigenvalue weighted by atomic mass is 35.5. The molecule has 1 N–H and O–H groups in total. The smallest absolute Gasteiger partial charge is 0.253 e. The number of amides is 1. The number of carbonyl (C=O) groups excluding carboxylic acids is 1. The van der Waals surface area contributed by atoms with Gasteiger partial charge < -0.3 is 10.1 Å². The Morgan fingerprint density at radius 2 is 2.10 bits per heavy atom. The average molecular weight is 432 g/mol. The molecule has 31 heavy (non-hydrogen) atoms. The van der Waals surface area contributed by atoms with Gasteiger partial charge in [0.15, 0.2) is 0 Å². The molecule has 1 aliphatic heterocycles.